The Morgan fingerprint density at radius 3 is 2.38 bits per heavy atom. The van der Waals surface area contributed by atoms with Gasteiger partial charge in [-0.05, 0) is 17.7 Å². The topological polar surface area (TPSA) is 46.9 Å². The molecule has 4 nitrogen and oxygen atoms in total. The number of aryl methyl sites for hydroxylation is 1. The van der Waals surface area contributed by atoms with Crippen LogP contribution in [0, 0.1) is 5.41 Å². The Hall–Kier alpha value is -1.62. The molecule has 0 saturated heterocycles. The Morgan fingerprint density at radius 2 is 1.90 bits per heavy atom. The summed E-state index contributed by atoms with van der Waals surface area (Å²) in [5.41, 5.74) is 0.559. The van der Waals surface area contributed by atoms with Crippen molar-refractivity contribution in [3.05, 3.63) is 52.5 Å². The average molecular weight is 350 g/mol. The molecular weight excluding hydrogens is 330 g/mol. The highest BCUT2D eigenvalue weighted by atomic mass is 79.9. The van der Waals surface area contributed by atoms with Gasteiger partial charge in [-0.3, -0.25) is 4.79 Å². The van der Waals surface area contributed by atoms with Gasteiger partial charge in [0, 0.05) is 29.3 Å². The minimum absolute atomic E-state index is 0.00146. The predicted molar refractivity (Wildman–Crippen MR) is 86.8 cm³/mol. The number of carbonyl (C=O) groups excluding carboxylic acids is 1. The van der Waals surface area contributed by atoms with E-state index < -0.39 is 5.41 Å². The van der Waals surface area contributed by atoms with Crippen LogP contribution in [0.3, 0.4) is 0 Å². The zero-order valence-corrected chi connectivity index (χ0v) is 14.3. The fourth-order valence-electron chi connectivity index (χ4n) is 1.96. The molecule has 1 unspecified atom stereocenters. The van der Waals surface area contributed by atoms with Crippen LogP contribution in [-0.2, 0) is 11.8 Å². The van der Waals surface area contributed by atoms with Gasteiger partial charge in [0.25, 0.3) is 0 Å². The monoisotopic (exact) mass is 349 g/mol. The number of nitrogens with one attached hydrogen (secondary N) is 1. The molecule has 1 aromatic heterocycles. The van der Waals surface area contributed by atoms with Crippen LogP contribution in [0.2, 0.25) is 0 Å². The van der Waals surface area contributed by atoms with E-state index in [1.165, 1.54) is 0 Å². The van der Waals surface area contributed by atoms with Crippen molar-refractivity contribution in [1.82, 2.24) is 14.9 Å². The fraction of sp³-hybridized carbons (Fsp3) is 0.375. The molecule has 21 heavy (non-hydrogen) atoms. The Kier molecular flexibility index (Phi) is 4.52. The van der Waals surface area contributed by atoms with Gasteiger partial charge in [0.05, 0.1) is 0 Å². The van der Waals surface area contributed by atoms with E-state index in [1.54, 1.807) is 6.20 Å². The second kappa shape index (κ2) is 6.02. The molecule has 2 aromatic rings. The van der Waals surface area contributed by atoms with E-state index in [4.69, 9.17) is 0 Å². The summed E-state index contributed by atoms with van der Waals surface area (Å²) in [6.45, 7) is 5.71. The summed E-state index contributed by atoms with van der Waals surface area (Å²) in [5.74, 6) is 0.813. The maximum Gasteiger partial charge on any atom is 0.226 e. The largest absolute Gasteiger partial charge is 0.342 e. The molecule has 2 rings (SSSR count). The number of hydrogen-bond donors (Lipinski definition) is 1. The lowest BCUT2D eigenvalue weighted by Crippen LogP contribution is -2.38. The number of hydrogen-bond acceptors (Lipinski definition) is 2. The number of imidazole rings is 1. The molecule has 0 saturated carbocycles. The van der Waals surface area contributed by atoms with E-state index in [9.17, 15) is 4.79 Å². The molecule has 5 heteroatoms. The quantitative estimate of drug-likeness (QED) is 0.922. The number of amides is 1. The number of aromatic nitrogens is 2. The molecule has 1 amide bonds. The number of carbonyl (C=O) groups is 1. The Labute approximate surface area is 133 Å². The van der Waals surface area contributed by atoms with Crippen LogP contribution < -0.4 is 5.32 Å². The number of benzene rings is 1. The van der Waals surface area contributed by atoms with Gasteiger partial charge >= 0.3 is 0 Å². The Bertz CT molecular complexity index is 626. The first-order valence-electron chi connectivity index (χ1n) is 6.82. The highest BCUT2D eigenvalue weighted by Gasteiger charge is 2.27. The van der Waals surface area contributed by atoms with Gasteiger partial charge in [-0.2, -0.15) is 0 Å². The van der Waals surface area contributed by atoms with Crippen molar-refractivity contribution in [2.24, 2.45) is 12.5 Å². The molecule has 0 radical (unpaired) electrons. The molecule has 1 N–H and O–H groups in total. The van der Waals surface area contributed by atoms with Crippen LogP contribution in [0.15, 0.2) is 41.1 Å². The maximum absolute atomic E-state index is 12.4. The maximum atomic E-state index is 12.4. The molecular formula is C16H20BrN3O. The summed E-state index contributed by atoms with van der Waals surface area (Å²) < 4.78 is 2.93. The molecule has 0 aliphatic rings. The van der Waals surface area contributed by atoms with Crippen molar-refractivity contribution < 1.29 is 4.79 Å². The van der Waals surface area contributed by atoms with Crippen molar-refractivity contribution in [2.75, 3.05) is 0 Å². The zero-order chi connectivity index (χ0) is 15.6. The van der Waals surface area contributed by atoms with E-state index in [0.29, 0.717) is 0 Å². The highest BCUT2D eigenvalue weighted by Crippen LogP contribution is 2.24. The van der Waals surface area contributed by atoms with E-state index in [2.05, 4.69) is 26.2 Å². The molecule has 0 spiro atoms. The van der Waals surface area contributed by atoms with Crippen LogP contribution in [0.25, 0.3) is 0 Å². The molecule has 0 aliphatic heterocycles. The van der Waals surface area contributed by atoms with Crippen molar-refractivity contribution in [3.8, 4) is 0 Å². The normalized spacial score (nSPS) is 13.0. The lowest BCUT2D eigenvalue weighted by Gasteiger charge is -2.24. The van der Waals surface area contributed by atoms with Crippen LogP contribution in [0.4, 0.5) is 0 Å². The van der Waals surface area contributed by atoms with Crippen molar-refractivity contribution >= 4 is 21.8 Å². The van der Waals surface area contributed by atoms with Gasteiger partial charge in [0.2, 0.25) is 5.91 Å². The first kappa shape index (κ1) is 15.8. The fourth-order valence-corrected chi connectivity index (χ4v) is 2.22. The van der Waals surface area contributed by atoms with E-state index in [1.807, 2.05) is 62.8 Å². The lowest BCUT2D eigenvalue weighted by molar-refractivity contribution is -0.129. The third-order valence-electron chi connectivity index (χ3n) is 3.28. The smallest absolute Gasteiger partial charge is 0.226 e. The van der Waals surface area contributed by atoms with Gasteiger partial charge in [0.1, 0.15) is 11.9 Å². The number of rotatable bonds is 3. The molecule has 1 aromatic carbocycles. The lowest BCUT2D eigenvalue weighted by atomic mass is 9.94. The second-order valence-corrected chi connectivity index (χ2v) is 7.02. The van der Waals surface area contributed by atoms with Gasteiger partial charge in [0.15, 0.2) is 0 Å². The highest BCUT2D eigenvalue weighted by molar-refractivity contribution is 9.10. The first-order valence-corrected chi connectivity index (χ1v) is 7.62. The van der Waals surface area contributed by atoms with E-state index in [-0.39, 0.29) is 11.9 Å². The SMILES string of the molecule is Cn1ccnc1C(NC(=O)C(C)(C)C)c1ccc(Br)cc1. The summed E-state index contributed by atoms with van der Waals surface area (Å²) in [6, 6.07) is 7.66. The number of halogens is 1. The third kappa shape index (κ3) is 3.73. The summed E-state index contributed by atoms with van der Waals surface area (Å²) in [4.78, 5) is 16.8. The number of nitrogens with zero attached hydrogens (tertiary/aromatic N) is 2. The third-order valence-corrected chi connectivity index (χ3v) is 3.81. The molecule has 0 aliphatic carbocycles. The van der Waals surface area contributed by atoms with Crippen LogP contribution in [0.1, 0.15) is 38.2 Å². The van der Waals surface area contributed by atoms with Gasteiger partial charge in [-0.25, -0.2) is 4.98 Å². The second-order valence-electron chi connectivity index (χ2n) is 6.10. The van der Waals surface area contributed by atoms with Crippen molar-refractivity contribution in [1.29, 1.82) is 0 Å². The van der Waals surface area contributed by atoms with Crippen molar-refractivity contribution in [3.63, 3.8) is 0 Å². The predicted octanol–water partition coefficient (Wildman–Crippen LogP) is 3.43. The minimum Gasteiger partial charge on any atom is -0.342 e. The Morgan fingerprint density at radius 1 is 1.29 bits per heavy atom. The van der Waals surface area contributed by atoms with Crippen LogP contribution in [-0.4, -0.2) is 15.5 Å². The zero-order valence-electron chi connectivity index (χ0n) is 12.7. The average Bonchev–Trinajstić information content (AvgIpc) is 2.82. The summed E-state index contributed by atoms with van der Waals surface area (Å²) in [6.07, 6.45) is 3.62. The van der Waals surface area contributed by atoms with Gasteiger partial charge < -0.3 is 9.88 Å². The molecule has 0 bridgehead atoms. The molecule has 1 heterocycles. The van der Waals surface area contributed by atoms with E-state index in [0.717, 1.165) is 15.9 Å². The standard InChI is InChI=1S/C16H20BrN3O/c1-16(2,3)15(21)19-13(14-18-9-10-20(14)4)11-5-7-12(17)8-6-11/h5-10,13H,1-4H3,(H,19,21). The van der Waals surface area contributed by atoms with Crippen LogP contribution >= 0.6 is 15.9 Å². The van der Waals surface area contributed by atoms with E-state index >= 15 is 0 Å². The van der Waals surface area contributed by atoms with Gasteiger partial charge in [-0.15, -0.1) is 0 Å². The van der Waals surface area contributed by atoms with Crippen LogP contribution in [0.5, 0.6) is 0 Å². The summed E-state index contributed by atoms with van der Waals surface area (Å²) >= 11 is 3.43. The molecule has 0 fully saturated rings. The first-order chi connectivity index (χ1) is 9.79. The summed E-state index contributed by atoms with van der Waals surface area (Å²) in [7, 11) is 1.93. The minimum atomic E-state index is -0.446. The molecule has 1 atom stereocenters. The molecule has 112 valence electrons. The van der Waals surface area contributed by atoms with Gasteiger partial charge in [-0.1, -0.05) is 48.8 Å². The Balaban J connectivity index is 2.38. The van der Waals surface area contributed by atoms with Crippen molar-refractivity contribution in [2.45, 2.75) is 26.8 Å². The summed E-state index contributed by atoms with van der Waals surface area (Å²) in [5, 5.41) is 3.10.